The van der Waals surface area contributed by atoms with Crippen LogP contribution in [-0.2, 0) is 0 Å². The van der Waals surface area contributed by atoms with Gasteiger partial charge in [-0.2, -0.15) is 0 Å². The monoisotopic (exact) mass is 210 g/mol. The van der Waals surface area contributed by atoms with Gasteiger partial charge in [0.05, 0.1) is 0 Å². The molecule has 0 aliphatic carbocycles. The molecule has 76 valence electrons. The van der Waals surface area contributed by atoms with E-state index in [4.69, 9.17) is 11.6 Å². The molecular weight excluding hydrogens is 196 g/mol. The fraction of sp³-hybridized carbons (Fsp3) is 0.455. The van der Waals surface area contributed by atoms with Crippen LogP contribution in [0.5, 0.6) is 0 Å². The first-order valence-electron chi connectivity index (χ1n) is 4.99. The number of hydrogen-bond donors (Lipinski definition) is 2. The van der Waals surface area contributed by atoms with Gasteiger partial charge in [0.2, 0.25) is 0 Å². The molecule has 0 radical (unpaired) electrons. The van der Waals surface area contributed by atoms with E-state index in [1.807, 2.05) is 18.2 Å². The molecule has 0 spiro atoms. The minimum Gasteiger partial charge on any atom is -0.311 e. The molecule has 0 saturated carbocycles. The fourth-order valence-corrected chi connectivity index (χ4v) is 2.13. The molecule has 0 bridgehead atoms. The average molecular weight is 211 g/mol. The van der Waals surface area contributed by atoms with Crippen molar-refractivity contribution in [2.75, 3.05) is 13.1 Å². The van der Waals surface area contributed by atoms with Crippen LogP contribution >= 0.6 is 11.6 Å². The van der Waals surface area contributed by atoms with E-state index in [-0.39, 0.29) is 0 Å². The van der Waals surface area contributed by atoms with Crippen LogP contribution in [0.25, 0.3) is 0 Å². The normalized spacial score (nSPS) is 27.6. The van der Waals surface area contributed by atoms with Gasteiger partial charge in [0.15, 0.2) is 0 Å². The molecule has 2 atom stereocenters. The van der Waals surface area contributed by atoms with Crippen molar-refractivity contribution in [2.45, 2.75) is 19.0 Å². The Morgan fingerprint density at radius 2 is 2.07 bits per heavy atom. The lowest BCUT2D eigenvalue weighted by Gasteiger charge is -2.31. The van der Waals surface area contributed by atoms with Crippen molar-refractivity contribution in [3.8, 4) is 0 Å². The highest BCUT2D eigenvalue weighted by Gasteiger charge is 2.21. The summed E-state index contributed by atoms with van der Waals surface area (Å²) in [4.78, 5) is 0. The van der Waals surface area contributed by atoms with Gasteiger partial charge in [0.25, 0.3) is 0 Å². The zero-order valence-electron chi connectivity index (χ0n) is 8.26. The average Bonchev–Trinajstić information content (AvgIpc) is 2.18. The first-order chi connectivity index (χ1) is 6.77. The van der Waals surface area contributed by atoms with Crippen molar-refractivity contribution in [3.63, 3.8) is 0 Å². The predicted octanol–water partition coefficient (Wildman–Crippen LogP) is 1.96. The number of halogens is 1. The van der Waals surface area contributed by atoms with E-state index >= 15 is 0 Å². The Hall–Kier alpha value is -0.570. The Morgan fingerprint density at radius 3 is 2.79 bits per heavy atom. The largest absolute Gasteiger partial charge is 0.311 e. The molecule has 1 fully saturated rings. The van der Waals surface area contributed by atoms with E-state index < -0.39 is 0 Å². The fourth-order valence-electron chi connectivity index (χ4n) is 1.93. The first-order valence-corrected chi connectivity index (χ1v) is 5.37. The van der Waals surface area contributed by atoms with Crippen molar-refractivity contribution in [2.24, 2.45) is 0 Å². The molecule has 1 aromatic carbocycles. The first kappa shape index (κ1) is 9.97. The summed E-state index contributed by atoms with van der Waals surface area (Å²) in [6.07, 6.45) is 0. The number of hydrogen-bond acceptors (Lipinski definition) is 2. The van der Waals surface area contributed by atoms with Crippen LogP contribution in [-0.4, -0.2) is 19.1 Å². The molecule has 2 unspecified atom stereocenters. The van der Waals surface area contributed by atoms with E-state index in [0.29, 0.717) is 12.1 Å². The minimum absolute atomic E-state index is 0.377. The molecule has 1 aromatic rings. The molecule has 1 heterocycles. The van der Waals surface area contributed by atoms with Gasteiger partial charge in [-0.3, -0.25) is 0 Å². The Labute approximate surface area is 89.7 Å². The van der Waals surface area contributed by atoms with Crippen molar-refractivity contribution in [1.82, 2.24) is 10.6 Å². The summed E-state index contributed by atoms with van der Waals surface area (Å²) in [5.41, 5.74) is 1.26. The van der Waals surface area contributed by atoms with Crippen molar-refractivity contribution in [1.29, 1.82) is 0 Å². The number of benzene rings is 1. The summed E-state index contributed by atoms with van der Waals surface area (Å²) in [6, 6.07) is 8.90. The topological polar surface area (TPSA) is 24.1 Å². The third kappa shape index (κ3) is 2.08. The number of nitrogens with one attached hydrogen (secondary N) is 2. The smallest absolute Gasteiger partial charge is 0.0474 e. The highest BCUT2D eigenvalue weighted by Crippen LogP contribution is 2.21. The maximum Gasteiger partial charge on any atom is 0.0474 e. The van der Waals surface area contributed by atoms with Gasteiger partial charge in [-0.05, 0) is 24.6 Å². The standard InChI is InChI=1S/C11H15ClN2/c1-8-11(14-6-5-13-8)9-3-2-4-10(12)7-9/h2-4,7-8,11,13-14H,5-6H2,1H3. The summed E-state index contributed by atoms with van der Waals surface area (Å²) >= 11 is 5.96. The van der Waals surface area contributed by atoms with E-state index in [9.17, 15) is 0 Å². The van der Waals surface area contributed by atoms with E-state index in [0.717, 1.165) is 18.1 Å². The molecule has 1 aliphatic rings. The Morgan fingerprint density at radius 1 is 1.29 bits per heavy atom. The van der Waals surface area contributed by atoms with Gasteiger partial charge in [-0.25, -0.2) is 0 Å². The zero-order valence-corrected chi connectivity index (χ0v) is 9.01. The van der Waals surface area contributed by atoms with Crippen molar-refractivity contribution < 1.29 is 0 Å². The quantitative estimate of drug-likeness (QED) is 0.741. The van der Waals surface area contributed by atoms with E-state index in [1.165, 1.54) is 5.56 Å². The lowest BCUT2D eigenvalue weighted by Crippen LogP contribution is -2.48. The second kappa shape index (κ2) is 4.30. The third-order valence-corrected chi connectivity index (χ3v) is 2.90. The van der Waals surface area contributed by atoms with E-state index in [2.05, 4.69) is 23.6 Å². The second-order valence-electron chi connectivity index (χ2n) is 3.73. The minimum atomic E-state index is 0.377. The molecule has 3 heteroatoms. The summed E-state index contributed by atoms with van der Waals surface area (Å²) in [5, 5.41) is 7.74. The van der Waals surface area contributed by atoms with Crippen LogP contribution in [0.3, 0.4) is 0 Å². The van der Waals surface area contributed by atoms with Gasteiger partial charge in [-0.1, -0.05) is 23.7 Å². The lowest BCUT2D eigenvalue weighted by molar-refractivity contribution is 0.345. The molecule has 0 amide bonds. The molecule has 0 aromatic heterocycles. The van der Waals surface area contributed by atoms with Crippen LogP contribution in [0.1, 0.15) is 18.5 Å². The highest BCUT2D eigenvalue weighted by molar-refractivity contribution is 6.30. The van der Waals surface area contributed by atoms with Crippen LogP contribution in [0.2, 0.25) is 5.02 Å². The Balaban J connectivity index is 2.20. The predicted molar refractivity (Wildman–Crippen MR) is 59.7 cm³/mol. The molecule has 2 N–H and O–H groups in total. The van der Waals surface area contributed by atoms with Crippen molar-refractivity contribution >= 4 is 11.6 Å². The SMILES string of the molecule is CC1NCCNC1c1cccc(Cl)c1. The zero-order chi connectivity index (χ0) is 9.97. The Bertz CT molecular complexity index is 314. The van der Waals surface area contributed by atoms with Gasteiger partial charge in [0.1, 0.15) is 0 Å². The second-order valence-corrected chi connectivity index (χ2v) is 4.17. The maximum atomic E-state index is 5.96. The van der Waals surface area contributed by atoms with Crippen LogP contribution in [0.4, 0.5) is 0 Å². The molecular formula is C11H15ClN2. The molecule has 2 nitrogen and oxygen atoms in total. The van der Waals surface area contributed by atoms with Crippen molar-refractivity contribution in [3.05, 3.63) is 34.9 Å². The molecule has 1 aliphatic heterocycles. The third-order valence-electron chi connectivity index (χ3n) is 2.66. The maximum absolute atomic E-state index is 5.96. The molecule has 1 saturated heterocycles. The van der Waals surface area contributed by atoms with Crippen LogP contribution in [0, 0.1) is 0 Å². The Kier molecular flexibility index (Phi) is 3.06. The summed E-state index contributed by atoms with van der Waals surface area (Å²) in [7, 11) is 0. The summed E-state index contributed by atoms with van der Waals surface area (Å²) in [5.74, 6) is 0. The van der Waals surface area contributed by atoms with Gasteiger partial charge in [-0.15, -0.1) is 0 Å². The van der Waals surface area contributed by atoms with Gasteiger partial charge >= 0.3 is 0 Å². The van der Waals surface area contributed by atoms with Gasteiger partial charge in [0, 0.05) is 30.2 Å². The molecule has 14 heavy (non-hydrogen) atoms. The van der Waals surface area contributed by atoms with Crippen LogP contribution in [0.15, 0.2) is 24.3 Å². The summed E-state index contributed by atoms with van der Waals surface area (Å²) < 4.78 is 0. The lowest BCUT2D eigenvalue weighted by atomic mass is 9.99. The number of rotatable bonds is 1. The number of piperazine rings is 1. The highest BCUT2D eigenvalue weighted by atomic mass is 35.5. The van der Waals surface area contributed by atoms with E-state index in [1.54, 1.807) is 0 Å². The summed E-state index contributed by atoms with van der Waals surface area (Å²) in [6.45, 7) is 4.25. The van der Waals surface area contributed by atoms with Crippen LogP contribution < -0.4 is 10.6 Å². The molecule has 2 rings (SSSR count). The van der Waals surface area contributed by atoms with Gasteiger partial charge < -0.3 is 10.6 Å².